The lowest BCUT2D eigenvalue weighted by Crippen LogP contribution is -2.31. The van der Waals surface area contributed by atoms with Crippen molar-refractivity contribution in [3.8, 4) is 0 Å². The van der Waals surface area contributed by atoms with Crippen molar-refractivity contribution >= 4 is 6.16 Å². The molecule has 3 nitrogen and oxygen atoms in total. The molecule has 1 aliphatic heterocycles. The van der Waals surface area contributed by atoms with Crippen LogP contribution >= 0.6 is 0 Å². The van der Waals surface area contributed by atoms with E-state index in [1.54, 1.807) is 0 Å². The zero-order valence-corrected chi connectivity index (χ0v) is 11.3. The Hall–Kier alpha value is -0.730. The van der Waals surface area contributed by atoms with Crippen molar-refractivity contribution in [1.29, 1.82) is 0 Å². The molecule has 0 aromatic carbocycles. The minimum Gasteiger partial charge on any atom is -0.430 e. The Balaban J connectivity index is 2.19. The summed E-state index contributed by atoms with van der Waals surface area (Å²) < 4.78 is 10.3. The van der Waals surface area contributed by atoms with E-state index in [1.165, 1.54) is 32.1 Å². The Morgan fingerprint density at radius 2 is 1.71 bits per heavy atom. The average Bonchev–Trinajstić information content (AvgIpc) is 2.66. The Labute approximate surface area is 105 Å². The van der Waals surface area contributed by atoms with Crippen LogP contribution in [0.4, 0.5) is 4.79 Å². The van der Waals surface area contributed by atoms with E-state index in [1.807, 2.05) is 0 Å². The monoisotopic (exact) mass is 242 g/mol. The summed E-state index contributed by atoms with van der Waals surface area (Å²) in [6.07, 6.45) is 10.0. The van der Waals surface area contributed by atoms with Crippen LogP contribution < -0.4 is 0 Å². The van der Waals surface area contributed by atoms with Gasteiger partial charge in [0.1, 0.15) is 12.2 Å². The highest BCUT2D eigenvalue weighted by Gasteiger charge is 2.40. The van der Waals surface area contributed by atoms with E-state index in [2.05, 4.69) is 13.8 Å². The number of unbranched alkanes of at least 4 members (excludes halogenated alkanes) is 5. The predicted octanol–water partition coefficient (Wildman–Crippen LogP) is 4.44. The van der Waals surface area contributed by atoms with E-state index in [4.69, 9.17) is 9.47 Å². The molecule has 0 bridgehead atoms. The van der Waals surface area contributed by atoms with Gasteiger partial charge in [0.15, 0.2) is 0 Å². The summed E-state index contributed by atoms with van der Waals surface area (Å²) in [5.41, 5.74) is -0.309. The Morgan fingerprint density at radius 3 is 2.29 bits per heavy atom. The molecule has 1 saturated heterocycles. The summed E-state index contributed by atoms with van der Waals surface area (Å²) in [6, 6.07) is 0. The fraction of sp³-hybridized carbons (Fsp3) is 0.929. The van der Waals surface area contributed by atoms with Crippen LogP contribution in [0.2, 0.25) is 0 Å². The van der Waals surface area contributed by atoms with Crippen molar-refractivity contribution in [2.45, 2.75) is 77.2 Å². The van der Waals surface area contributed by atoms with Crippen LogP contribution in [-0.2, 0) is 9.47 Å². The standard InChI is InChI=1S/C14H26O3/c1-3-5-6-7-8-9-11-14(10-4-2)12-16-13(15)17-14/h3-12H2,1-2H3. The van der Waals surface area contributed by atoms with Gasteiger partial charge in [0.2, 0.25) is 0 Å². The number of carbonyl (C=O) groups is 1. The molecule has 0 aromatic heterocycles. The molecule has 0 N–H and O–H groups in total. The van der Waals surface area contributed by atoms with Gasteiger partial charge in [-0.15, -0.1) is 0 Å². The molecule has 1 atom stereocenters. The Morgan fingerprint density at radius 1 is 1.00 bits per heavy atom. The number of ether oxygens (including phenoxy) is 2. The molecular weight excluding hydrogens is 216 g/mol. The van der Waals surface area contributed by atoms with E-state index < -0.39 is 6.16 Å². The summed E-state index contributed by atoms with van der Waals surface area (Å²) in [5, 5.41) is 0. The van der Waals surface area contributed by atoms with Crippen molar-refractivity contribution < 1.29 is 14.3 Å². The van der Waals surface area contributed by atoms with Crippen LogP contribution in [0.1, 0.15) is 71.6 Å². The molecule has 0 radical (unpaired) electrons. The van der Waals surface area contributed by atoms with Gasteiger partial charge < -0.3 is 9.47 Å². The quantitative estimate of drug-likeness (QED) is 0.443. The second-order valence-electron chi connectivity index (χ2n) is 5.09. The van der Waals surface area contributed by atoms with Crippen molar-refractivity contribution in [1.82, 2.24) is 0 Å². The maximum atomic E-state index is 11.1. The number of hydrogen-bond acceptors (Lipinski definition) is 3. The molecule has 1 rings (SSSR count). The predicted molar refractivity (Wildman–Crippen MR) is 68.1 cm³/mol. The lowest BCUT2D eigenvalue weighted by Gasteiger charge is -2.24. The molecule has 0 aromatic rings. The first-order chi connectivity index (χ1) is 8.22. The molecule has 1 fully saturated rings. The largest absolute Gasteiger partial charge is 0.509 e. The van der Waals surface area contributed by atoms with Crippen molar-refractivity contribution in [2.24, 2.45) is 0 Å². The molecule has 0 spiro atoms. The first-order valence-electron chi connectivity index (χ1n) is 7.08. The van der Waals surface area contributed by atoms with Crippen LogP contribution in [-0.4, -0.2) is 18.4 Å². The van der Waals surface area contributed by atoms with Crippen LogP contribution in [0.25, 0.3) is 0 Å². The van der Waals surface area contributed by atoms with E-state index in [0.717, 1.165) is 25.7 Å². The Kier molecular flexibility index (Phi) is 6.38. The van der Waals surface area contributed by atoms with Gasteiger partial charge in [-0.3, -0.25) is 0 Å². The first-order valence-corrected chi connectivity index (χ1v) is 7.08. The van der Waals surface area contributed by atoms with E-state index >= 15 is 0 Å². The third kappa shape index (κ3) is 4.97. The van der Waals surface area contributed by atoms with E-state index in [0.29, 0.717) is 6.61 Å². The van der Waals surface area contributed by atoms with Crippen LogP contribution in [0.15, 0.2) is 0 Å². The molecule has 0 saturated carbocycles. The maximum absolute atomic E-state index is 11.1. The van der Waals surface area contributed by atoms with Crippen LogP contribution in [0.3, 0.4) is 0 Å². The zero-order chi connectivity index (χ0) is 12.6. The van der Waals surface area contributed by atoms with Crippen LogP contribution in [0.5, 0.6) is 0 Å². The molecule has 100 valence electrons. The molecule has 17 heavy (non-hydrogen) atoms. The van der Waals surface area contributed by atoms with Gasteiger partial charge in [0.05, 0.1) is 0 Å². The lowest BCUT2D eigenvalue weighted by molar-refractivity contribution is 0.0395. The second-order valence-corrected chi connectivity index (χ2v) is 5.09. The summed E-state index contributed by atoms with van der Waals surface area (Å²) in [5.74, 6) is 0. The number of rotatable bonds is 9. The zero-order valence-electron chi connectivity index (χ0n) is 11.3. The molecule has 1 aliphatic rings. The lowest BCUT2D eigenvalue weighted by atomic mass is 9.92. The highest BCUT2D eigenvalue weighted by molar-refractivity contribution is 5.62. The van der Waals surface area contributed by atoms with Gasteiger partial charge in [-0.05, 0) is 19.3 Å². The van der Waals surface area contributed by atoms with Crippen LogP contribution in [0, 0.1) is 0 Å². The van der Waals surface area contributed by atoms with E-state index in [-0.39, 0.29) is 5.60 Å². The number of carbonyl (C=O) groups excluding carboxylic acids is 1. The average molecular weight is 242 g/mol. The smallest absolute Gasteiger partial charge is 0.430 e. The van der Waals surface area contributed by atoms with Gasteiger partial charge in [0.25, 0.3) is 0 Å². The third-order valence-electron chi connectivity index (χ3n) is 3.44. The molecular formula is C14H26O3. The highest BCUT2D eigenvalue weighted by Crippen LogP contribution is 2.31. The fourth-order valence-electron chi connectivity index (χ4n) is 2.48. The van der Waals surface area contributed by atoms with Crippen molar-refractivity contribution in [3.05, 3.63) is 0 Å². The maximum Gasteiger partial charge on any atom is 0.509 e. The van der Waals surface area contributed by atoms with Gasteiger partial charge >= 0.3 is 6.16 Å². The fourth-order valence-corrected chi connectivity index (χ4v) is 2.48. The summed E-state index contributed by atoms with van der Waals surface area (Å²) in [7, 11) is 0. The second kappa shape index (κ2) is 7.57. The Bertz CT molecular complexity index is 228. The minimum atomic E-state index is -0.482. The molecule has 0 aliphatic carbocycles. The van der Waals surface area contributed by atoms with Gasteiger partial charge in [-0.1, -0.05) is 52.4 Å². The topological polar surface area (TPSA) is 35.5 Å². The number of cyclic esters (lactones) is 2. The van der Waals surface area contributed by atoms with Gasteiger partial charge in [-0.25, -0.2) is 4.79 Å². The molecule has 1 unspecified atom stereocenters. The van der Waals surface area contributed by atoms with E-state index in [9.17, 15) is 4.79 Å². The SMILES string of the molecule is CCCCCCCCC1(CCC)COC(=O)O1. The third-order valence-corrected chi connectivity index (χ3v) is 3.44. The molecule has 3 heteroatoms. The number of hydrogen-bond donors (Lipinski definition) is 0. The van der Waals surface area contributed by atoms with Crippen molar-refractivity contribution in [2.75, 3.05) is 6.61 Å². The minimum absolute atomic E-state index is 0.309. The summed E-state index contributed by atoms with van der Waals surface area (Å²) >= 11 is 0. The molecule has 1 heterocycles. The first kappa shape index (κ1) is 14.3. The van der Waals surface area contributed by atoms with Crippen molar-refractivity contribution in [3.63, 3.8) is 0 Å². The van der Waals surface area contributed by atoms with Gasteiger partial charge in [0, 0.05) is 0 Å². The summed E-state index contributed by atoms with van der Waals surface area (Å²) in [4.78, 5) is 11.1. The summed E-state index contributed by atoms with van der Waals surface area (Å²) in [6.45, 7) is 4.80. The van der Waals surface area contributed by atoms with Gasteiger partial charge in [-0.2, -0.15) is 0 Å². The molecule has 0 amide bonds. The normalized spacial score (nSPS) is 23.5. The highest BCUT2D eigenvalue weighted by atomic mass is 16.8.